The van der Waals surface area contributed by atoms with E-state index >= 15 is 0 Å². The van der Waals surface area contributed by atoms with Crippen LogP contribution in [0.15, 0.2) is 6.33 Å². The number of rotatable bonds is 4. The molecule has 5 nitrogen and oxygen atoms in total. The average molecular weight is 289 g/mol. The Morgan fingerprint density at radius 2 is 1.86 bits per heavy atom. The van der Waals surface area contributed by atoms with Crippen LogP contribution in [0, 0.1) is 0 Å². The van der Waals surface area contributed by atoms with E-state index in [0.717, 1.165) is 44.8 Å². The minimum absolute atomic E-state index is 0.983. The molecule has 0 bridgehead atoms. The zero-order valence-corrected chi connectivity index (χ0v) is 12.9. The molecule has 116 valence electrons. The topological polar surface area (TPSA) is 53.1 Å². The van der Waals surface area contributed by atoms with Gasteiger partial charge in [-0.05, 0) is 38.9 Å². The first kappa shape index (κ1) is 14.7. The lowest BCUT2D eigenvalue weighted by molar-refractivity contribution is 0.296. The number of likely N-dealkylation sites (tertiary alicyclic amines) is 1. The summed E-state index contributed by atoms with van der Waals surface area (Å²) in [5.41, 5.74) is 2.53. The van der Waals surface area contributed by atoms with Crippen LogP contribution in [0.3, 0.4) is 0 Å². The van der Waals surface area contributed by atoms with Gasteiger partial charge in [0.25, 0.3) is 0 Å². The molecule has 0 unspecified atom stereocenters. The maximum atomic E-state index is 4.47. The number of aromatic nitrogens is 2. The maximum Gasteiger partial charge on any atom is 0.132 e. The van der Waals surface area contributed by atoms with Gasteiger partial charge in [0.15, 0.2) is 0 Å². The minimum atomic E-state index is 0.983. The summed E-state index contributed by atoms with van der Waals surface area (Å²) in [6.07, 6.45) is 9.26. The van der Waals surface area contributed by atoms with E-state index < -0.39 is 0 Å². The van der Waals surface area contributed by atoms with Crippen LogP contribution in [0.5, 0.6) is 0 Å². The van der Waals surface area contributed by atoms with Crippen LogP contribution in [0.25, 0.3) is 0 Å². The predicted molar refractivity (Wildman–Crippen MR) is 85.7 cm³/mol. The number of hydrogen-bond acceptors (Lipinski definition) is 5. The van der Waals surface area contributed by atoms with Crippen LogP contribution in [-0.4, -0.2) is 54.1 Å². The van der Waals surface area contributed by atoms with Gasteiger partial charge in [-0.25, -0.2) is 9.97 Å². The van der Waals surface area contributed by atoms with Gasteiger partial charge in [0.2, 0.25) is 0 Å². The van der Waals surface area contributed by atoms with Crippen molar-refractivity contribution >= 4 is 5.82 Å². The Kier molecular flexibility index (Phi) is 5.40. The van der Waals surface area contributed by atoms with E-state index in [-0.39, 0.29) is 0 Å². The molecule has 1 aromatic rings. The van der Waals surface area contributed by atoms with Gasteiger partial charge >= 0.3 is 0 Å². The van der Waals surface area contributed by atoms with Crippen molar-refractivity contribution in [2.75, 3.05) is 44.6 Å². The summed E-state index contributed by atoms with van der Waals surface area (Å²) < 4.78 is 0. The summed E-state index contributed by atoms with van der Waals surface area (Å²) in [7, 11) is 0. The second-order valence-electron chi connectivity index (χ2n) is 6.08. The molecule has 1 saturated heterocycles. The van der Waals surface area contributed by atoms with Crippen molar-refractivity contribution in [1.29, 1.82) is 0 Å². The Balaban J connectivity index is 1.55. The highest BCUT2D eigenvalue weighted by atomic mass is 15.1. The molecule has 1 aromatic heterocycles. The third kappa shape index (κ3) is 4.14. The third-order valence-electron chi connectivity index (χ3n) is 4.54. The smallest absolute Gasteiger partial charge is 0.132 e. The van der Waals surface area contributed by atoms with Crippen LogP contribution in [0.2, 0.25) is 0 Å². The Hall–Kier alpha value is -1.20. The fourth-order valence-corrected chi connectivity index (χ4v) is 3.32. The predicted octanol–water partition coefficient (Wildman–Crippen LogP) is 1.45. The molecule has 1 fully saturated rings. The zero-order chi connectivity index (χ0) is 14.3. The van der Waals surface area contributed by atoms with E-state index in [9.17, 15) is 0 Å². The third-order valence-corrected chi connectivity index (χ3v) is 4.54. The Morgan fingerprint density at radius 3 is 2.71 bits per heavy atom. The molecule has 0 amide bonds. The first-order chi connectivity index (χ1) is 10.4. The molecule has 2 aliphatic rings. The monoisotopic (exact) mass is 289 g/mol. The summed E-state index contributed by atoms with van der Waals surface area (Å²) >= 11 is 0. The lowest BCUT2D eigenvalue weighted by Gasteiger charge is -2.20. The van der Waals surface area contributed by atoms with Crippen LogP contribution in [-0.2, 0) is 12.8 Å². The van der Waals surface area contributed by atoms with Crippen molar-refractivity contribution in [2.45, 2.75) is 38.5 Å². The zero-order valence-electron chi connectivity index (χ0n) is 12.9. The second-order valence-corrected chi connectivity index (χ2v) is 6.08. The molecule has 0 saturated carbocycles. The molecule has 0 aromatic carbocycles. The molecular formula is C16H27N5. The largest absolute Gasteiger partial charge is 0.368 e. The highest BCUT2D eigenvalue weighted by Gasteiger charge is 2.14. The molecule has 0 atom stereocenters. The van der Waals surface area contributed by atoms with Crippen LogP contribution >= 0.6 is 0 Å². The Labute approximate surface area is 127 Å². The average Bonchev–Trinajstić information content (AvgIpc) is 2.90. The molecular weight excluding hydrogens is 262 g/mol. The maximum absolute atomic E-state index is 4.47. The fraction of sp³-hybridized carbons (Fsp3) is 0.750. The summed E-state index contributed by atoms with van der Waals surface area (Å²) in [6, 6.07) is 0. The van der Waals surface area contributed by atoms with E-state index in [4.69, 9.17) is 0 Å². The van der Waals surface area contributed by atoms with Crippen LogP contribution < -0.4 is 10.6 Å². The van der Waals surface area contributed by atoms with Crippen molar-refractivity contribution in [3.8, 4) is 0 Å². The highest BCUT2D eigenvalue weighted by Crippen LogP contribution is 2.18. The number of fused-ring (bicyclic) bond motifs is 1. The number of nitrogens with zero attached hydrogens (tertiary/aromatic N) is 3. The molecule has 0 radical (unpaired) electrons. The first-order valence-corrected chi connectivity index (χ1v) is 8.43. The second kappa shape index (κ2) is 7.71. The van der Waals surface area contributed by atoms with Gasteiger partial charge in [-0.15, -0.1) is 0 Å². The van der Waals surface area contributed by atoms with Gasteiger partial charge in [-0.2, -0.15) is 0 Å². The molecule has 0 spiro atoms. The SMILES string of the molecule is c1nc2c(c(NCCN3CCCCCC3)n1)CCNCC2. The molecule has 2 aliphatic heterocycles. The number of anilines is 1. The molecule has 0 aliphatic carbocycles. The normalized spacial score (nSPS) is 20.4. The van der Waals surface area contributed by atoms with E-state index in [1.165, 1.54) is 50.0 Å². The van der Waals surface area contributed by atoms with E-state index in [1.54, 1.807) is 6.33 Å². The van der Waals surface area contributed by atoms with Gasteiger partial charge < -0.3 is 15.5 Å². The lowest BCUT2D eigenvalue weighted by atomic mass is 10.1. The summed E-state index contributed by atoms with van der Waals surface area (Å²) in [5.74, 6) is 1.05. The van der Waals surface area contributed by atoms with Crippen molar-refractivity contribution in [3.05, 3.63) is 17.6 Å². The standard InChI is InChI=1S/C16H27N5/c1-2-4-11-21(10-3-1)12-9-18-16-14-5-7-17-8-6-15(14)19-13-20-16/h13,17H,1-12H2,(H,18,19,20). The number of hydrogen-bond donors (Lipinski definition) is 2. The van der Waals surface area contributed by atoms with Crippen molar-refractivity contribution in [2.24, 2.45) is 0 Å². The molecule has 2 N–H and O–H groups in total. The molecule has 5 heteroatoms. The minimum Gasteiger partial charge on any atom is -0.368 e. The van der Waals surface area contributed by atoms with Crippen LogP contribution in [0.4, 0.5) is 5.82 Å². The number of nitrogens with one attached hydrogen (secondary N) is 2. The van der Waals surface area contributed by atoms with E-state index in [1.807, 2.05) is 0 Å². The summed E-state index contributed by atoms with van der Waals surface area (Å²) in [6.45, 7) is 6.67. The highest BCUT2D eigenvalue weighted by molar-refractivity contribution is 5.46. The van der Waals surface area contributed by atoms with Gasteiger partial charge in [-0.3, -0.25) is 0 Å². The quantitative estimate of drug-likeness (QED) is 0.879. The van der Waals surface area contributed by atoms with Crippen molar-refractivity contribution < 1.29 is 0 Å². The van der Waals surface area contributed by atoms with E-state index in [0.29, 0.717) is 0 Å². The fourth-order valence-electron chi connectivity index (χ4n) is 3.32. The Bertz CT molecular complexity index is 440. The summed E-state index contributed by atoms with van der Waals surface area (Å²) in [5, 5.41) is 6.98. The van der Waals surface area contributed by atoms with Crippen molar-refractivity contribution in [3.63, 3.8) is 0 Å². The van der Waals surface area contributed by atoms with Crippen LogP contribution in [0.1, 0.15) is 36.9 Å². The van der Waals surface area contributed by atoms with Gasteiger partial charge in [0.1, 0.15) is 12.1 Å². The lowest BCUT2D eigenvalue weighted by Crippen LogP contribution is -2.30. The van der Waals surface area contributed by atoms with Gasteiger partial charge in [0.05, 0.1) is 5.69 Å². The van der Waals surface area contributed by atoms with Crippen molar-refractivity contribution in [1.82, 2.24) is 20.2 Å². The Morgan fingerprint density at radius 1 is 1.05 bits per heavy atom. The van der Waals surface area contributed by atoms with E-state index in [2.05, 4.69) is 25.5 Å². The molecule has 21 heavy (non-hydrogen) atoms. The van der Waals surface area contributed by atoms with Gasteiger partial charge in [0, 0.05) is 31.6 Å². The molecule has 3 rings (SSSR count). The first-order valence-electron chi connectivity index (χ1n) is 8.43. The summed E-state index contributed by atoms with van der Waals surface area (Å²) in [4.78, 5) is 11.5. The van der Waals surface area contributed by atoms with Gasteiger partial charge in [-0.1, -0.05) is 12.8 Å². The molecule has 3 heterocycles.